The Bertz CT molecular complexity index is 2330. The van der Waals surface area contributed by atoms with E-state index in [1.165, 1.54) is 12.1 Å². The number of halogens is 1. The number of amides is 1. The molecule has 5 aliphatic rings. The lowest BCUT2D eigenvalue weighted by atomic mass is 9.55. The first-order valence-corrected chi connectivity index (χ1v) is 24.1. The van der Waals surface area contributed by atoms with Crippen molar-refractivity contribution in [3.63, 3.8) is 0 Å². The quantitative estimate of drug-likeness (QED) is 0.0511. The minimum Gasteiger partial charge on any atom is -0.459 e. The number of ether oxygens (including phenoxy) is 4. The second-order valence-corrected chi connectivity index (χ2v) is 18.5. The van der Waals surface area contributed by atoms with Crippen LogP contribution in [0, 0.1) is 29.5 Å². The zero-order valence-electron chi connectivity index (χ0n) is 37.8. The van der Waals surface area contributed by atoms with Crippen molar-refractivity contribution in [1.29, 1.82) is 0 Å². The molecule has 3 fully saturated rings. The van der Waals surface area contributed by atoms with Crippen molar-refractivity contribution in [1.82, 2.24) is 4.90 Å². The van der Waals surface area contributed by atoms with E-state index in [0.717, 1.165) is 85.6 Å². The number of aliphatic hydroxyl groups excluding tert-OH is 2. The van der Waals surface area contributed by atoms with E-state index < -0.39 is 24.0 Å². The molecule has 2 aliphatic heterocycles. The van der Waals surface area contributed by atoms with E-state index in [0.29, 0.717) is 42.4 Å². The summed E-state index contributed by atoms with van der Waals surface area (Å²) in [6.45, 7) is 5.23. The minimum absolute atomic E-state index is 0.000576. The molecular formula is C55H63FN2O8. The number of hydrogen-bond donors (Lipinski definition) is 2. The van der Waals surface area contributed by atoms with E-state index in [4.69, 9.17) is 28.9 Å². The van der Waals surface area contributed by atoms with Crippen LogP contribution in [0.4, 0.5) is 4.39 Å². The standard InChI is InChI=1S/C55H63FN2O8/c1-2-31-63-55-50(58(54(61)40-19-20-40)36-37-17-23-42(56)24-18-37)35-48(57-66-51-16-8-11-32-62-51)46-33-41(14-6-9-29-59)45(15-7-10-30-60)52(53(46)55)47-34-44(27-28-49(47)65-55)64-43-25-21-39(22-26-43)38-12-4-3-5-13-38/h2-5,12-13,17-18,21-28,33-34,40-41,45,50-53,59-60H,1,6-11,14-16,19-20,29-32,35-36H2. The van der Waals surface area contributed by atoms with E-state index in [1.807, 2.05) is 47.4 Å². The molecule has 10 nitrogen and oxygen atoms in total. The zero-order valence-corrected chi connectivity index (χ0v) is 37.8. The van der Waals surface area contributed by atoms with Gasteiger partial charge in [-0.1, -0.05) is 84.7 Å². The summed E-state index contributed by atoms with van der Waals surface area (Å²) in [7, 11) is 0. The molecule has 0 bridgehead atoms. The molecule has 1 saturated heterocycles. The van der Waals surface area contributed by atoms with E-state index in [1.54, 1.807) is 18.2 Å². The van der Waals surface area contributed by atoms with Crippen molar-refractivity contribution < 1.29 is 43.2 Å². The van der Waals surface area contributed by atoms with E-state index >= 15 is 0 Å². The Morgan fingerprint density at radius 3 is 2.33 bits per heavy atom. The Hall–Kier alpha value is -5.33. The molecule has 11 heteroatoms. The van der Waals surface area contributed by atoms with Crippen LogP contribution in [0.3, 0.4) is 0 Å². The summed E-state index contributed by atoms with van der Waals surface area (Å²) in [5.41, 5.74) is 5.65. The van der Waals surface area contributed by atoms with Gasteiger partial charge in [-0.3, -0.25) is 4.79 Å². The molecule has 3 aliphatic carbocycles. The highest BCUT2D eigenvalue weighted by Crippen LogP contribution is 2.62. The normalized spacial score (nSPS) is 26.0. The van der Waals surface area contributed by atoms with Gasteiger partial charge in [-0.25, -0.2) is 4.39 Å². The maximum absolute atomic E-state index is 14.9. The Labute approximate surface area is 388 Å². The number of benzene rings is 4. The van der Waals surface area contributed by atoms with Crippen LogP contribution >= 0.6 is 0 Å². The van der Waals surface area contributed by atoms with Gasteiger partial charge < -0.3 is 38.9 Å². The van der Waals surface area contributed by atoms with Crippen molar-refractivity contribution in [2.75, 3.05) is 26.4 Å². The Morgan fingerprint density at radius 1 is 0.879 bits per heavy atom. The lowest BCUT2D eigenvalue weighted by molar-refractivity contribution is -0.258. The molecule has 0 radical (unpaired) electrons. The van der Waals surface area contributed by atoms with Crippen molar-refractivity contribution in [3.8, 4) is 28.4 Å². The number of aliphatic hydroxyl groups is 2. The molecule has 7 unspecified atom stereocenters. The van der Waals surface area contributed by atoms with Gasteiger partial charge >= 0.3 is 0 Å². The molecule has 9 rings (SSSR count). The fraction of sp³-hybridized carbons (Fsp3) is 0.455. The summed E-state index contributed by atoms with van der Waals surface area (Å²) in [6, 6.07) is 30.0. The number of unbranched alkanes of at least 4 members (excludes halogenated alkanes) is 2. The third kappa shape index (κ3) is 10.0. The molecule has 1 amide bonds. The predicted molar refractivity (Wildman–Crippen MR) is 251 cm³/mol. The lowest BCUT2D eigenvalue weighted by Crippen LogP contribution is -2.70. The highest BCUT2D eigenvalue weighted by Gasteiger charge is 2.66. The molecule has 4 aromatic rings. The van der Waals surface area contributed by atoms with Crippen LogP contribution in [0.15, 0.2) is 127 Å². The second-order valence-electron chi connectivity index (χ2n) is 18.5. The highest BCUT2D eigenvalue weighted by atomic mass is 19.1. The molecule has 4 aromatic carbocycles. The number of rotatable bonds is 20. The Morgan fingerprint density at radius 2 is 1.62 bits per heavy atom. The Kier molecular flexibility index (Phi) is 14.6. The topological polar surface area (TPSA) is 119 Å². The first kappa shape index (κ1) is 45.8. The zero-order chi connectivity index (χ0) is 45.5. The van der Waals surface area contributed by atoms with Crippen LogP contribution in [-0.2, 0) is 25.7 Å². The van der Waals surface area contributed by atoms with Gasteiger partial charge in [-0.05, 0) is 128 Å². The van der Waals surface area contributed by atoms with E-state index in [9.17, 15) is 19.4 Å². The summed E-state index contributed by atoms with van der Waals surface area (Å²) < 4.78 is 41.7. The van der Waals surface area contributed by atoms with Crippen LogP contribution in [0.1, 0.15) is 94.1 Å². The SMILES string of the molecule is C=CCOC12Oc3ccc(Oc4ccc(-c5ccccc5)cc4)cc3C3C(CCCCO)C(CCCCO)C=C(C(=NOC4CCCCO4)CC1N(Cc1ccc(F)cc1)C(=O)C1CC1)C32. The van der Waals surface area contributed by atoms with Gasteiger partial charge in [0.2, 0.25) is 18.0 Å². The maximum atomic E-state index is 14.9. The summed E-state index contributed by atoms with van der Waals surface area (Å²) in [5, 5.41) is 25.0. The van der Waals surface area contributed by atoms with Crippen LogP contribution in [0.5, 0.6) is 17.2 Å². The predicted octanol–water partition coefficient (Wildman–Crippen LogP) is 10.9. The van der Waals surface area contributed by atoms with Gasteiger partial charge in [0.15, 0.2) is 0 Å². The summed E-state index contributed by atoms with van der Waals surface area (Å²) in [5.74, 6) is -0.482. The largest absolute Gasteiger partial charge is 0.459 e. The molecule has 0 aromatic heterocycles. The fourth-order valence-corrected chi connectivity index (χ4v) is 10.8. The first-order valence-electron chi connectivity index (χ1n) is 24.1. The third-order valence-electron chi connectivity index (χ3n) is 14.1. The van der Waals surface area contributed by atoms with Gasteiger partial charge in [0.25, 0.3) is 0 Å². The number of oxime groups is 1. The van der Waals surface area contributed by atoms with Gasteiger partial charge in [0.1, 0.15) is 29.1 Å². The highest BCUT2D eigenvalue weighted by molar-refractivity contribution is 6.03. The number of fused-ring (bicyclic) bond motifs is 2. The van der Waals surface area contributed by atoms with E-state index in [2.05, 4.69) is 43.0 Å². The number of carbonyl (C=O) groups is 1. The van der Waals surface area contributed by atoms with Gasteiger partial charge in [0, 0.05) is 50.0 Å². The van der Waals surface area contributed by atoms with Gasteiger partial charge in [-0.2, -0.15) is 0 Å². The Balaban J connectivity index is 1.20. The van der Waals surface area contributed by atoms with Crippen molar-refractivity contribution in [2.24, 2.45) is 28.8 Å². The molecule has 7 atom stereocenters. The van der Waals surface area contributed by atoms with Crippen LogP contribution in [0.2, 0.25) is 0 Å². The smallest absolute Gasteiger partial charge is 0.239 e. The average molecular weight is 899 g/mol. The first-order chi connectivity index (χ1) is 32.4. The molecule has 2 N–H and O–H groups in total. The third-order valence-corrected chi connectivity index (χ3v) is 14.1. The molecular weight excluding hydrogens is 836 g/mol. The molecule has 0 spiro atoms. The molecule has 348 valence electrons. The van der Waals surface area contributed by atoms with Crippen LogP contribution in [0.25, 0.3) is 11.1 Å². The van der Waals surface area contributed by atoms with Crippen molar-refractivity contribution in [3.05, 3.63) is 138 Å². The van der Waals surface area contributed by atoms with Crippen LogP contribution < -0.4 is 9.47 Å². The average Bonchev–Trinajstić information content (AvgIpc) is 4.21. The molecule has 66 heavy (non-hydrogen) atoms. The summed E-state index contributed by atoms with van der Waals surface area (Å²) in [6.07, 6.45) is 12.7. The maximum Gasteiger partial charge on any atom is 0.239 e. The van der Waals surface area contributed by atoms with Crippen molar-refractivity contribution >= 4 is 11.6 Å². The number of allylic oxidation sites excluding steroid dienone is 1. The molecule has 2 heterocycles. The number of carbonyl (C=O) groups excluding carboxylic acids is 1. The molecule has 2 saturated carbocycles. The fourth-order valence-electron chi connectivity index (χ4n) is 10.8. The summed E-state index contributed by atoms with van der Waals surface area (Å²) >= 11 is 0. The monoisotopic (exact) mass is 898 g/mol. The van der Waals surface area contributed by atoms with Crippen LogP contribution in [-0.4, -0.2) is 71.3 Å². The van der Waals surface area contributed by atoms with Crippen molar-refractivity contribution in [2.45, 2.75) is 108 Å². The minimum atomic E-state index is -1.41. The van der Waals surface area contributed by atoms with E-state index in [-0.39, 0.29) is 68.2 Å². The number of nitrogens with zero attached hydrogens (tertiary/aromatic N) is 2. The van der Waals surface area contributed by atoms with Gasteiger partial charge in [0.05, 0.1) is 24.8 Å². The lowest BCUT2D eigenvalue weighted by Gasteiger charge is -2.60. The summed E-state index contributed by atoms with van der Waals surface area (Å²) in [4.78, 5) is 23.1. The second kappa shape index (κ2) is 21.1. The van der Waals surface area contributed by atoms with Gasteiger partial charge in [-0.15, -0.1) is 6.58 Å². The number of hydrogen-bond acceptors (Lipinski definition) is 9.